The predicted octanol–water partition coefficient (Wildman–Crippen LogP) is 0.653. The molecule has 0 radical (unpaired) electrons. The molecule has 1 fully saturated rings. The summed E-state index contributed by atoms with van der Waals surface area (Å²) in [6.07, 6.45) is 3.57. The zero-order valence-electron chi connectivity index (χ0n) is 15.6. The van der Waals surface area contributed by atoms with Crippen LogP contribution in [0, 0.1) is 0 Å². The van der Waals surface area contributed by atoms with Crippen LogP contribution in [-0.4, -0.2) is 78.4 Å². The quantitative estimate of drug-likeness (QED) is 0.765. The number of ether oxygens (including phenoxy) is 2. The highest BCUT2D eigenvalue weighted by molar-refractivity contribution is 5.44. The van der Waals surface area contributed by atoms with Crippen LogP contribution in [0.4, 0.5) is 11.8 Å². The minimum atomic E-state index is 0.154. The van der Waals surface area contributed by atoms with Gasteiger partial charge in [0.25, 0.3) is 0 Å². The zero-order valence-corrected chi connectivity index (χ0v) is 15.6. The maximum Gasteiger partial charge on any atom is 0.224 e. The summed E-state index contributed by atoms with van der Waals surface area (Å²) in [5.74, 6) is 2.56. The fourth-order valence-electron chi connectivity index (χ4n) is 3.02. The monoisotopic (exact) mass is 359 g/mol. The standard InChI is InChI=1S/C17H25N7O2/c1-23(2)12-10-24(11-13(12)25-3)15-5-7-19-17(22-15)20-9-14-18-8-6-16(21-14)26-4/h5-8,12-13H,9-11H2,1-4H3,(H,19,20,22)/t12-,13+/m0/s1. The van der Waals surface area contributed by atoms with Crippen LogP contribution in [0.15, 0.2) is 24.5 Å². The molecule has 9 nitrogen and oxygen atoms in total. The summed E-state index contributed by atoms with van der Waals surface area (Å²) >= 11 is 0. The summed E-state index contributed by atoms with van der Waals surface area (Å²) in [4.78, 5) is 21.8. The first kappa shape index (κ1) is 18.3. The van der Waals surface area contributed by atoms with E-state index in [0.717, 1.165) is 18.9 Å². The average Bonchev–Trinajstić information content (AvgIpc) is 3.12. The lowest BCUT2D eigenvalue weighted by atomic mass is 10.2. The molecule has 26 heavy (non-hydrogen) atoms. The molecule has 0 amide bonds. The molecule has 1 N–H and O–H groups in total. The summed E-state index contributed by atoms with van der Waals surface area (Å²) in [7, 11) is 7.48. The third-order valence-corrected chi connectivity index (χ3v) is 4.46. The Bertz CT molecular complexity index is 728. The van der Waals surface area contributed by atoms with E-state index in [2.05, 4.69) is 49.1 Å². The second-order valence-electron chi connectivity index (χ2n) is 6.32. The van der Waals surface area contributed by atoms with Gasteiger partial charge in [0.2, 0.25) is 11.8 Å². The second kappa shape index (κ2) is 8.24. The first-order chi connectivity index (χ1) is 12.6. The summed E-state index contributed by atoms with van der Waals surface area (Å²) in [5, 5.41) is 3.16. The van der Waals surface area contributed by atoms with E-state index >= 15 is 0 Å². The molecule has 1 aliphatic heterocycles. The van der Waals surface area contributed by atoms with Crippen molar-refractivity contribution in [2.45, 2.75) is 18.7 Å². The van der Waals surface area contributed by atoms with Crippen LogP contribution in [0.2, 0.25) is 0 Å². The summed E-state index contributed by atoms with van der Waals surface area (Å²) in [6, 6.07) is 3.95. The Balaban J connectivity index is 1.66. The summed E-state index contributed by atoms with van der Waals surface area (Å²) < 4.78 is 10.7. The van der Waals surface area contributed by atoms with Crippen LogP contribution >= 0.6 is 0 Å². The van der Waals surface area contributed by atoms with Gasteiger partial charge in [0.15, 0.2) is 5.82 Å². The van der Waals surface area contributed by atoms with Gasteiger partial charge in [0.05, 0.1) is 25.8 Å². The van der Waals surface area contributed by atoms with E-state index in [4.69, 9.17) is 9.47 Å². The lowest BCUT2D eigenvalue weighted by Crippen LogP contribution is -2.39. The molecular weight excluding hydrogens is 334 g/mol. The molecule has 1 aliphatic rings. The Hall–Kier alpha value is -2.52. The fourth-order valence-corrected chi connectivity index (χ4v) is 3.02. The molecule has 140 valence electrons. The van der Waals surface area contributed by atoms with Crippen molar-refractivity contribution in [2.24, 2.45) is 0 Å². The van der Waals surface area contributed by atoms with E-state index in [9.17, 15) is 0 Å². The van der Waals surface area contributed by atoms with E-state index in [1.807, 2.05) is 6.07 Å². The van der Waals surface area contributed by atoms with Gasteiger partial charge in [0.1, 0.15) is 5.82 Å². The largest absolute Gasteiger partial charge is 0.481 e. The van der Waals surface area contributed by atoms with Crippen molar-refractivity contribution in [3.63, 3.8) is 0 Å². The number of likely N-dealkylation sites (N-methyl/N-ethyl adjacent to an activating group) is 1. The number of anilines is 2. The number of methoxy groups -OCH3 is 2. The molecule has 0 aromatic carbocycles. The SMILES string of the molecule is COc1ccnc(CNc2nccc(N3C[C@@H](OC)[C@@H](N(C)C)C3)n2)n1. The van der Waals surface area contributed by atoms with Crippen LogP contribution in [0.3, 0.4) is 0 Å². The molecule has 0 bridgehead atoms. The molecule has 2 aromatic rings. The van der Waals surface area contributed by atoms with E-state index < -0.39 is 0 Å². The molecule has 0 unspecified atom stereocenters. The van der Waals surface area contributed by atoms with Gasteiger partial charge in [-0.1, -0.05) is 0 Å². The number of hydrogen-bond acceptors (Lipinski definition) is 9. The van der Waals surface area contributed by atoms with Crippen LogP contribution in [0.1, 0.15) is 5.82 Å². The molecule has 3 heterocycles. The molecule has 0 aliphatic carbocycles. The van der Waals surface area contributed by atoms with Crippen molar-refractivity contribution < 1.29 is 9.47 Å². The van der Waals surface area contributed by atoms with Gasteiger partial charge in [-0.3, -0.25) is 0 Å². The van der Waals surface area contributed by atoms with Gasteiger partial charge in [-0.15, -0.1) is 0 Å². The van der Waals surface area contributed by atoms with Gasteiger partial charge < -0.3 is 24.6 Å². The second-order valence-corrected chi connectivity index (χ2v) is 6.32. The Morgan fingerprint density at radius 3 is 2.65 bits per heavy atom. The topological polar surface area (TPSA) is 88.5 Å². The maximum absolute atomic E-state index is 5.62. The lowest BCUT2D eigenvalue weighted by Gasteiger charge is -2.23. The Morgan fingerprint density at radius 1 is 1.15 bits per heavy atom. The summed E-state index contributed by atoms with van der Waals surface area (Å²) in [6.45, 7) is 2.08. The lowest BCUT2D eigenvalue weighted by molar-refractivity contribution is 0.0639. The minimum absolute atomic E-state index is 0.154. The minimum Gasteiger partial charge on any atom is -0.481 e. The molecule has 0 spiro atoms. The number of rotatable bonds is 7. The number of hydrogen-bond donors (Lipinski definition) is 1. The highest BCUT2D eigenvalue weighted by Crippen LogP contribution is 2.23. The molecule has 2 atom stereocenters. The van der Waals surface area contributed by atoms with Crippen LogP contribution < -0.4 is 15.0 Å². The number of nitrogens with zero attached hydrogens (tertiary/aromatic N) is 6. The van der Waals surface area contributed by atoms with Gasteiger partial charge in [0, 0.05) is 38.7 Å². The van der Waals surface area contributed by atoms with Crippen molar-refractivity contribution in [1.29, 1.82) is 0 Å². The molecule has 2 aromatic heterocycles. The average molecular weight is 359 g/mol. The van der Waals surface area contributed by atoms with E-state index in [1.165, 1.54) is 0 Å². The predicted molar refractivity (Wildman–Crippen MR) is 98.4 cm³/mol. The summed E-state index contributed by atoms with van der Waals surface area (Å²) in [5.41, 5.74) is 0. The van der Waals surface area contributed by atoms with Gasteiger partial charge >= 0.3 is 0 Å². The fraction of sp³-hybridized carbons (Fsp3) is 0.529. The van der Waals surface area contributed by atoms with Crippen molar-refractivity contribution in [2.75, 3.05) is 51.6 Å². The Kier molecular flexibility index (Phi) is 5.79. The molecular formula is C17H25N7O2. The van der Waals surface area contributed by atoms with Gasteiger partial charge in [-0.2, -0.15) is 9.97 Å². The van der Waals surface area contributed by atoms with Crippen molar-refractivity contribution in [3.05, 3.63) is 30.4 Å². The van der Waals surface area contributed by atoms with Gasteiger partial charge in [-0.25, -0.2) is 9.97 Å². The van der Waals surface area contributed by atoms with Crippen molar-refractivity contribution >= 4 is 11.8 Å². The molecule has 3 rings (SSSR count). The first-order valence-corrected chi connectivity index (χ1v) is 8.47. The Morgan fingerprint density at radius 2 is 1.96 bits per heavy atom. The maximum atomic E-state index is 5.62. The normalized spacial score (nSPS) is 19.8. The van der Waals surface area contributed by atoms with E-state index in [1.54, 1.807) is 32.7 Å². The van der Waals surface area contributed by atoms with Crippen molar-refractivity contribution in [1.82, 2.24) is 24.8 Å². The highest BCUT2D eigenvalue weighted by atomic mass is 16.5. The van der Waals surface area contributed by atoms with Crippen LogP contribution in [0.5, 0.6) is 5.88 Å². The van der Waals surface area contributed by atoms with E-state index in [-0.39, 0.29) is 6.10 Å². The zero-order chi connectivity index (χ0) is 18.5. The first-order valence-electron chi connectivity index (χ1n) is 8.47. The molecule has 0 saturated carbocycles. The van der Waals surface area contributed by atoms with Gasteiger partial charge in [-0.05, 0) is 20.2 Å². The molecule has 1 saturated heterocycles. The number of nitrogens with one attached hydrogen (secondary N) is 1. The molecule has 9 heteroatoms. The Labute approximate surface area is 153 Å². The van der Waals surface area contributed by atoms with Crippen LogP contribution in [0.25, 0.3) is 0 Å². The van der Waals surface area contributed by atoms with E-state index in [0.29, 0.717) is 30.2 Å². The number of aromatic nitrogens is 4. The highest BCUT2D eigenvalue weighted by Gasteiger charge is 2.34. The van der Waals surface area contributed by atoms with Crippen LogP contribution in [-0.2, 0) is 11.3 Å². The van der Waals surface area contributed by atoms with Crippen molar-refractivity contribution in [3.8, 4) is 5.88 Å². The third-order valence-electron chi connectivity index (χ3n) is 4.46. The smallest absolute Gasteiger partial charge is 0.224 e. The third kappa shape index (κ3) is 4.17.